The molecule has 0 aliphatic rings. The van der Waals surface area contributed by atoms with Gasteiger partial charge in [0.25, 0.3) is 0 Å². The molecule has 0 aliphatic carbocycles. The predicted molar refractivity (Wildman–Crippen MR) is 67.2 cm³/mol. The summed E-state index contributed by atoms with van der Waals surface area (Å²) >= 11 is 0. The number of halogens is 10. The molecule has 1 rings (SSSR count). The minimum atomic E-state index is -7.02. The number of ketones is 1. The van der Waals surface area contributed by atoms with Gasteiger partial charge in [0.2, 0.25) is 5.78 Å². The summed E-state index contributed by atoms with van der Waals surface area (Å²) in [6.45, 7) is 0. The topological polar surface area (TPSA) is 112 Å². The second-order valence-corrected chi connectivity index (χ2v) is 4.88. The van der Waals surface area contributed by atoms with Crippen molar-refractivity contribution in [2.45, 2.75) is 24.2 Å². The third-order valence-corrected chi connectivity index (χ3v) is 3.12. The van der Waals surface area contributed by atoms with Crippen LogP contribution in [0, 0.1) is 10.1 Å². The fourth-order valence-electron chi connectivity index (χ4n) is 1.84. The lowest BCUT2D eigenvalue weighted by Crippen LogP contribution is -2.56. The molecule has 0 fully saturated rings. The maximum absolute atomic E-state index is 13.5. The van der Waals surface area contributed by atoms with Crippen molar-refractivity contribution in [2.75, 3.05) is 11.5 Å². The van der Waals surface area contributed by atoms with Gasteiger partial charge in [0, 0.05) is 0 Å². The van der Waals surface area contributed by atoms with Crippen molar-refractivity contribution in [3.8, 4) is 0 Å². The molecule has 152 valence electrons. The van der Waals surface area contributed by atoms with Gasteiger partial charge < -0.3 is 11.5 Å². The number of hydrogen-bond donors (Lipinski definition) is 2. The van der Waals surface area contributed by atoms with Crippen LogP contribution in [0.1, 0.15) is 15.9 Å². The van der Waals surface area contributed by atoms with Gasteiger partial charge in [-0.2, -0.15) is 43.9 Å². The van der Waals surface area contributed by atoms with Gasteiger partial charge in [-0.3, -0.25) is 14.9 Å². The van der Waals surface area contributed by atoms with E-state index >= 15 is 0 Å². The highest BCUT2D eigenvalue weighted by Gasteiger charge is 2.76. The lowest BCUT2D eigenvalue weighted by molar-refractivity contribution is -0.384. The second-order valence-electron chi connectivity index (χ2n) is 4.88. The Morgan fingerprint density at radius 3 is 1.74 bits per heavy atom. The average molecular weight is 417 g/mol. The van der Waals surface area contributed by atoms with Crippen molar-refractivity contribution in [3.63, 3.8) is 0 Å². The van der Waals surface area contributed by atoms with E-state index in [1.165, 1.54) is 0 Å². The molecule has 0 aliphatic heterocycles. The summed E-state index contributed by atoms with van der Waals surface area (Å²) in [6.07, 6.45) is -12.4. The summed E-state index contributed by atoms with van der Waals surface area (Å²) in [4.78, 5) is 20.5. The Kier molecular flexibility index (Phi) is 5.04. The van der Waals surface area contributed by atoms with Gasteiger partial charge >= 0.3 is 29.9 Å². The highest BCUT2D eigenvalue weighted by Crippen LogP contribution is 2.50. The fourth-order valence-corrected chi connectivity index (χ4v) is 1.84. The normalized spacial score (nSPS) is 13.6. The van der Waals surface area contributed by atoms with Gasteiger partial charge in [-0.25, -0.2) is 0 Å². The van der Waals surface area contributed by atoms with Crippen LogP contribution in [0.4, 0.5) is 61.0 Å². The molecule has 0 aromatic heterocycles. The standard InChI is InChI=1S/C11H5F10N3O3/c12-8(13,10(17,18)11(19,20)21)7(25)4-3(22)1-2(9(14,15)16)5(23)6(4)24(26)27/h1H,22-23H2. The number of benzene rings is 1. The molecular formula is C11H5F10N3O3. The molecule has 1 aromatic rings. The maximum Gasteiger partial charge on any atom is 0.460 e. The van der Waals surface area contributed by atoms with Crippen LogP contribution in [-0.2, 0) is 6.18 Å². The number of carbonyl (C=O) groups excluding carboxylic acids is 1. The quantitative estimate of drug-likeness (QED) is 0.255. The van der Waals surface area contributed by atoms with Crippen molar-refractivity contribution in [1.82, 2.24) is 0 Å². The number of nitro benzene ring substituents is 1. The first-order valence-corrected chi connectivity index (χ1v) is 6.09. The predicted octanol–water partition coefficient (Wildman–Crippen LogP) is 3.79. The molecule has 0 unspecified atom stereocenters. The average Bonchev–Trinajstić information content (AvgIpc) is 2.45. The minimum Gasteiger partial charge on any atom is -0.398 e. The zero-order valence-electron chi connectivity index (χ0n) is 12.2. The minimum absolute atomic E-state index is 0.378. The zero-order valence-corrected chi connectivity index (χ0v) is 12.2. The number of nitro groups is 1. The SMILES string of the molecule is Nc1cc(C(F)(F)F)c(N)c([N+](=O)[O-])c1C(=O)C(F)(F)C(F)(F)C(F)(F)F. The Hall–Kier alpha value is -2.81. The third kappa shape index (κ3) is 3.42. The van der Waals surface area contributed by atoms with Gasteiger partial charge in [0.15, 0.2) is 0 Å². The van der Waals surface area contributed by atoms with E-state index in [1.54, 1.807) is 0 Å². The Bertz CT molecular complexity index is 800. The molecule has 0 atom stereocenters. The van der Waals surface area contributed by atoms with Crippen LogP contribution >= 0.6 is 0 Å². The van der Waals surface area contributed by atoms with E-state index in [9.17, 15) is 58.8 Å². The number of alkyl halides is 10. The van der Waals surface area contributed by atoms with E-state index < -0.39 is 63.1 Å². The lowest BCUT2D eigenvalue weighted by atomic mass is 9.94. The number of carbonyl (C=O) groups is 1. The summed E-state index contributed by atoms with van der Waals surface area (Å²) in [7, 11) is 0. The van der Waals surface area contributed by atoms with E-state index in [0.717, 1.165) is 0 Å². The summed E-state index contributed by atoms with van der Waals surface area (Å²) in [5.74, 6) is -17.2. The van der Waals surface area contributed by atoms with Crippen molar-refractivity contribution < 1.29 is 53.6 Å². The number of hydrogen-bond acceptors (Lipinski definition) is 5. The number of rotatable bonds is 4. The summed E-state index contributed by atoms with van der Waals surface area (Å²) in [5, 5.41) is 10.8. The Balaban J connectivity index is 3.85. The molecule has 16 heteroatoms. The molecule has 0 radical (unpaired) electrons. The number of nitrogen functional groups attached to an aromatic ring is 2. The highest BCUT2D eigenvalue weighted by atomic mass is 19.4. The molecule has 0 spiro atoms. The van der Waals surface area contributed by atoms with Crippen LogP contribution in [0.2, 0.25) is 0 Å². The van der Waals surface area contributed by atoms with E-state index in [0.29, 0.717) is 0 Å². The summed E-state index contributed by atoms with van der Waals surface area (Å²) in [6, 6.07) is -0.378. The van der Waals surface area contributed by atoms with Crippen molar-refractivity contribution in [1.29, 1.82) is 0 Å². The van der Waals surface area contributed by atoms with E-state index in [1.807, 2.05) is 0 Å². The van der Waals surface area contributed by atoms with Crippen LogP contribution < -0.4 is 11.5 Å². The van der Waals surface area contributed by atoms with Crippen molar-refractivity contribution in [2.24, 2.45) is 0 Å². The summed E-state index contributed by atoms with van der Waals surface area (Å²) in [5.41, 5.74) is -0.845. The Morgan fingerprint density at radius 1 is 0.963 bits per heavy atom. The van der Waals surface area contributed by atoms with Gasteiger partial charge in [-0.05, 0) is 6.07 Å². The number of Topliss-reactive ketones (excluding diaryl/α,β-unsaturated/α-hetero) is 1. The van der Waals surface area contributed by atoms with Crippen LogP contribution in [0.15, 0.2) is 6.07 Å². The molecule has 0 saturated carbocycles. The monoisotopic (exact) mass is 417 g/mol. The Labute approximate surface area is 140 Å². The molecule has 27 heavy (non-hydrogen) atoms. The molecule has 0 bridgehead atoms. The third-order valence-electron chi connectivity index (χ3n) is 3.12. The van der Waals surface area contributed by atoms with Gasteiger partial charge in [-0.15, -0.1) is 0 Å². The summed E-state index contributed by atoms with van der Waals surface area (Å²) < 4.78 is 128. The fraction of sp³-hybridized carbons (Fsp3) is 0.364. The lowest BCUT2D eigenvalue weighted by Gasteiger charge is -2.27. The van der Waals surface area contributed by atoms with Gasteiger partial charge in [0.1, 0.15) is 11.3 Å². The van der Waals surface area contributed by atoms with Gasteiger partial charge in [-0.1, -0.05) is 0 Å². The smallest absolute Gasteiger partial charge is 0.398 e. The first-order chi connectivity index (χ1) is 11.8. The molecule has 4 N–H and O–H groups in total. The van der Waals surface area contributed by atoms with E-state index in [4.69, 9.17) is 11.5 Å². The first-order valence-electron chi connectivity index (χ1n) is 6.09. The second kappa shape index (κ2) is 6.12. The molecule has 1 aromatic carbocycles. The number of nitrogens with two attached hydrogens (primary N) is 2. The molecular weight excluding hydrogens is 412 g/mol. The molecule has 6 nitrogen and oxygen atoms in total. The highest BCUT2D eigenvalue weighted by molar-refractivity contribution is 6.11. The van der Waals surface area contributed by atoms with Crippen LogP contribution in [0.5, 0.6) is 0 Å². The number of nitrogens with zero attached hydrogens (tertiary/aromatic N) is 1. The molecule has 0 saturated heterocycles. The van der Waals surface area contributed by atoms with Crippen LogP contribution in [-0.4, -0.2) is 28.7 Å². The molecule has 0 amide bonds. The molecule has 0 heterocycles. The maximum atomic E-state index is 13.5. The van der Waals surface area contributed by atoms with E-state index in [-0.39, 0.29) is 6.07 Å². The van der Waals surface area contributed by atoms with E-state index in [2.05, 4.69) is 0 Å². The number of anilines is 2. The zero-order chi connectivity index (χ0) is 21.7. The van der Waals surface area contributed by atoms with Crippen LogP contribution in [0.3, 0.4) is 0 Å². The Morgan fingerprint density at radius 2 is 1.41 bits per heavy atom. The van der Waals surface area contributed by atoms with Gasteiger partial charge in [0.05, 0.1) is 16.2 Å². The largest absolute Gasteiger partial charge is 0.460 e. The van der Waals surface area contributed by atoms with Crippen molar-refractivity contribution >= 4 is 22.8 Å². The first kappa shape index (κ1) is 22.2. The van der Waals surface area contributed by atoms with Crippen LogP contribution in [0.25, 0.3) is 0 Å². The van der Waals surface area contributed by atoms with Crippen molar-refractivity contribution in [3.05, 3.63) is 27.3 Å².